The normalized spacial score (nSPS) is 13.9. The van der Waals surface area contributed by atoms with E-state index in [1.165, 1.54) is 48.5 Å². The van der Waals surface area contributed by atoms with E-state index in [0.29, 0.717) is 24.5 Å². The molecule has 5 nitrogen and oxygen atoms in total. The third kappa shape index (κ3) is 6.87. The maximum atomic E-state index is 13.5. The highest BCUT2D eigenvalue weighted by Crippen LogP contribution is 2.30. The van der Waals surface area contributed by atoms with Gasteiger partial charge in [0, 0.05) is 44.4 Å². The molecule has 1 aliphatic rings. The van der Waals surface area contributed by atoms with E-state index in [0.717, 1.165) is 43.6 Å². The molecule has 5 rings (SSSR count). The standard InChI is InChI=1S/C32H30F3N3O2/c33-25-12-8-23(9-13-25)29(24-10-14-26(34)15-11-24)7-3-17-37-18-20-38(21-19-37)31-30(6-2-16-36-31)32(39)40-28-5-1-4-27(35)22-28/h1-2,4-6,8-16,22,29H,3,7,17-21H2. The van der Waals surface area contributed by atoms with Crippen LogP contribution < -0.4 is 9.64 Å². The molecule has 0 radical (unpaired) electrons. The number of rotatable bonds is 9. The summed E-state index contributed by atoms with van der Waals surface area (Å²) in [4.78, 5) is 21.8. The SMILES string of the molecule is O=C(Oc1cccc(F)c1)c1cccnc1N1CCN(CCCC(c2ccc(F)cc2)c2ccc(F)cc2)CC1. The molecular formula is C32H30F3N3O2. The predicted molar refractivity (Wildman–Crippen MR) is 148 cm³/mol. The molecule has 0 atom stereocenters. The van der Waals surface area contributed by atoms with Gasteiger partial charge >= 0.3 is 5.97 Å². The third-order valence-corrected chi connectivity index (χ3v) is 7.20. The van der Waals surface area contributed by atoms with Crippen molar-refractivity contribution >= 4 is 11.8 Å². The minimum atomic E-state index is -0.580. The van der Waals surface area contributed by atoms with E-state index in [9.17, 15) is 18.0 Å². The maximum absolute atomic E-state index is 13.5. The van der Waals surface area contributed by atoms with Crippen molar-refractivity contribution in [2.75, 3.05) is 37.6 Å². The highest BCUT2D eigenvalue weighted by molar-refractivity contribution is 5.96. The molecule has 2 heterocycles. The van der Waals surface area contributed by atoms with Crippen LogP contribution in [0.25, 0.3) is 0 Å². The van der Waals surface area contributed by atoms with Crippen molar-refractivity contribution in [3.05, 3.63) is 125 Å². The Labute approximate surface area is 231 Å². The van der Waals surface area contributed by atoms with Crippen molar-refractivity contribution in [3.63, 3.8) is 0 Å². The minimum Gasteiger partial charge on any atom is -0.423 e. The Morgan fingerprint density at radius 1 is 0.800 bits per heavy atom. The fraction of sp³-hybridized carbons (Fsp3) is 0.250. The lowest BCUT2D eigenvalue weighted by atomic mass is 9.87. The molecule has 0 aliphatic carbocycles. The van der Waals surface area contributed by atoms with Crippen LogP contribution in [0.3, 0.4) is 0 Å². The second-order valence-electron chi connectivity index (χ2n) is 9.85. The van der Waals surface area contributed by atoms with E-state index in [2.05, 4.69) is 14.8 Å². The van der Waals surface area contributed by atoms with Crippen LogP contribution in [-0.2, 0) is 0 Å². The summed E-state index contributed by atoms with van der Waals surface area (Å²) in [6.45, 7) is 3.86. The largest absolute Gasteiger partial charge is 0.423 e. The van der Waals surface area contributed by atoms with Gasteiger partial charge in [0.05, 0.1) is 0 Å². The zero-order chi connectivity index (χ0) is 27.9. The highest BCUT2D eigenvalue weighted by Gasteiger charge is 2.24. The number of halogens is 3. The summed E-state index contributed by atoms with van der Waals surface area (Å²) in [5.74, 6) is -0.878. The van der Waals surface area contributed by atoms with Crippen LogP contribution in [-0.4, -0.2) is 48.6 Å². The lowest BCUT2D eigenvalue weighted by Gasteiger charge is -2.36. The average Bonchev–Trinajstić information content (AvgIpc) is 2.97. The molecule has 0 saturated carbocycles. The summed E-state index contributed by atoms with van der Waals surface area (Å²) in [6.07, 6.45) is 3.40. The topological polar surface area (TPSA) is 45.7 Å². The van der Waals surface area contributed by atoms with E-state index >= 15 is 0 Å². The highest BCUT2D eigenvalue weighted by atomic mass is 19.1. The Morgan fingerprint density at radius 2 is 1.45 bits per heavy atom. The van der Waals surface area contributed by atoms with Crippen molar-refractivity contribution in [2.24, 2.45) is 0 Å². The molecule has 1 aliphatic heterocycles. The van der Waals surface area contributed by atoms with Gasteiger partial charge < -0.3 is 9.64 Å². The number of aromatic nitrogens is 1. The smallest absolute Gasteiger partial charge is 0.347 e. The number of carbonyl (C=O) groups is 1. The van der Waals surface area contributed by atoms with E-state index < -0.39 is 11.8 Å². The number of ether oxygens (including phenoxy) is 1. The number of carbonyl (C=O) groups excluding carboxylic acids is 1. The van der Waals surface area contributed by atoms with Gasteiger partial charge in [0.2, 0.25) is 0 Å². The zero-order valence-corrected chi connectivity index (χ0v) is 22.0. The van der Waals surface area contributed by atoms with Crippen molar-refractivity contribution in [1.29, 1.82) is 0 Å². The fourth-order valence-electron chi connectivity index (χ4n) is 5.12. The van der Waals surface area contributed by atoms with Crippen molar-refractivity contribution < 1.29 is 22.7 Å². The molecule has 0 amide bonds. The first-order valence-electron chi connectivity index (χ1n) is 13.4. The lowest BCUT2D eigenvalue weighted by molar-refractivity contribution is 0.0734. The van der Waals surface area contributed by atoms with Crippen LogP contribution in [0.4, 0.5) is 19.0 Å². The molecule has 1 aromatic heterocycles. The summed E-state index contributed by atoms with van der Waals surface area (Å²) in [5.41, 5.74) is 2.35. The molecule has 206 valence electrons. The van der Waals surface area contributed by atoms with Crippen LogP contribution in [0.15, 0.2) is 91.1 Å². The molecule has 1 saturated heterocycles. The first-order valence-corrected chi connectivity index (χ1v) is 13.4. The summed E-state index contributed by atoms with van der Waals surface area (Å²) < 4.78 is 46.0. The van der Waals surface area contributed by atoms with Crippen LogP contribution in [0.5, 0.6) is 5.75 Å². The van der Waals surface area contributed by atoms with Crippen molar-refractivity contribution in [2.45, 2.75) is 18.8 Å². The summed E-state index contributed by atoms with van der Waals surface area (Å²) in [5, 5.41) is 0. The quantitative estimate of drug-likeness (QED) is 0.179. The number of piperazine rings is 1. The van der Waals surface area contributed by atoms with Gasteiger partial charge in [-0.3, -0.25) is 4.90 Å². The molecule has 8 heteroatoms. The zero-order valence-electron chi connectivity index (χ0n) is 22.0. The van der Waals surface area contributed by atoms with Gasteiger partial charge in [-0.15, -0.1) is 0 Å². The number of benzene rings is 3. The molecule has 0 spiro atoms. The Bertz CT molecular complexity index is 1380. The Balaban J connectivity index is 1.18. The fourth-order valence-corrected chi connectivity index (χ4v) is 5.12. The first-order chi connectivity index (χ1) is 19.5. The van der Waals surface area contributed by atoms with Gasteiger partial charge in [-0.25, -0.2) is 22.9 Å². The third-order valence-electron chi connectivity index (χ3n) is 7.20. The molecule has 4 aromatic rings. The first kappa shape index (κ1) is 27.4. The number of anilines is 1. The Hall–Kier alpha value is -4.17. The second-order valence-corrected chi connectivity index (χ2v) is 9.85. The van der Waals surface area contributed by atoms with Crippen LogP contribution in [0, 0.1) is 17.5 Å². The van der Waals surface area contributed by atoms with Gasteiger partial charge in [-0.05, 0) is 79.0 Å². The number of nitrogens with zero attached hydrogens (tertiary/aromatic N) is 3. The van der Waals surface area contributed by atoms with E-state index in [1.807, 2.05) is 0 Å². The van der Waals surface area contributed by atoms with E-state index in [4.69, 9.17) is 4.74 Å². The number of esters is 1. The van der Waals surface area contributed by atoms with Crippen LogP contribution in [0.2, 0.25) is 0 Å². The van der Waals surface area contributed by atoms with Gasteiger partial charge in [-0.1, -0.05) is 30.3 Å². The molecule has 0 bridgehead atoms. The van der Waals surface area contributed by atoms with Gasteiger partial charge in [0.1, 0.15) is 34.6 Å². The van der Waals surface area contributed by atoms with E-state index in [1.54, 1.807) is 42.6 Å². The van der Waals surface area contributed by atoms with Gasteiger partial charge in [0.15, 0.2) is 0 Å². The molecule has 0 unspecified atom stereocenters. The number of hydrogen-bond donors (Lipinski definition) is 0. The molecule has 3 aromatic carbocycles. The Morgan fingerprint density at radius 3 is 2.08 bits per heavy atom. The number of hydrogen-bond acceptors (Lipinski definition) is 5. The minimum absolute atomic E-state index is 0.0441. The van der Waals surface area contributed by atoms with Crippen LogP contribution in [0.1, 0.15) is 40.2 Å². The lowest BCUT2D eigenvalue weighted by Crippen LogP contribution is -2.47. The van der Waals surface area contributed by atoms with E-state index in [-0.39, 0.29) is 23.3 Å². The predicted octanol–water partition coefficient (Wildman–Crippen LogP) is 6.45. The summed E-state index contributed by atoms with van der Waals surface area (Å²) in [6, 6.07) is 21.9. The summed E-state index contributed by atoms with van der Waals surface area (Å²) >= 11 is 0. The molecule has 0 N–H and O–H groups in total. The molecular weight excluding hydrogens is 515 g/mol. The Kier molecular flexibility index (Phi) is 8.76. The summed E-state index contributed by atoms with van der Waals surface area (Å²) in [7, 11) is 0. The maximum Gasteiger partial charge on any atom is 0.347 e. The average molecular weight is 546 g/mol. The monoisotopic (exact) mass is 545 g/mol. The van der Waals surface area contributed by atoms with Gasteiger partial charge in [-0.2, -0.15) is 0 Å². The van der Waals surface area contributed by atoms with Crippen LogP contribution >= 0.6 is 0 Å². The number of pyridine rings is 1. The van der Waals surface area contributed by atoms with Gasteiger partial charge in [0.25, 0.3) is 0 Å². The second kappa shape index (κ2) is 12.8. The molecule has 40 heavy (non-hydrogen) atoms. The van der Waals surface area contributed by atoms with Crippen molar-refractivity contribution in [1.82, 2.24) is 9.88 Å². The molecule has 1 fully saturated rings. The van der Waals surface area contributed by atoms with Crippen molar-refractivity contribution in [3.8, 4) is 5.75 Å².